The Bertz CT molecular complexity index is 989. The van der Waals surface area contributed by atoms with Gasteiger partial charge in [-0.05, 0) is 52.5 Å². The molecule has 2 aromatic carbocycles. The van der Waals surface area contributed by atoms with Crippen molar-refractivity contribution in [3.8, 4) is 23.0 Å². The van der Waals surface area contributed by atoms with E-state index in [9.17, 15) is 10.2 Å². The first kappa shape index (κ1) is 42.8. The zero-order valence-electron chi connectivity index (χ0n) is 23.6. The summed E-state index contributed by atoms with van der Waals surface area (Å²) in [4.78, 5) is 12.6. The Hall–Kier alpha value is -2.66. The Morgan fingerprint density at radius 2 is 1.12 bits per heavy atom. The summed E-state index contributed by atoms with van der Waals surface area (Å²) in [6.07, 6.45) is 3.34. The van der Waals surface area contributed by atoms with Crippen molar-refractivity contribution >= 4 is 29.8 Å². The second kappa shape index (κ2) is 25.1. The maximum absolute atomic E-state index is 9.77. The SMILES string of the molecule is COc1cccc(C=NCCN(C)C)c1O.COc1cccc(C=NCCN(C)C)c1O.[Co+3].[N-]=C=S.[O-][Cl+3]([O-])([O-])[O-]. The molecule has 2 rings (SSSR count). The molecule has 0 atom stereocenters. The third kappa shape index (κ3) is 24.8. The van der Waals surface area contributed by atoms with Crippen molar-refractivity contribution in [2.45, 2.75) is 0 Å². The molecule has 230 valence electrons. The largest absolute Gasteiger partial charge is 3.00 e. The van der Waals surface area contributed by atoms with Gasteiger partial charge in [-0.15, -0.1) is 10.2 Å². The van der Waals surface area contributed by atoms with E-state index in [0.717, 1.165) is 13.1 Å². The number of hydrogen-bond acceptors (Lipinski definition) is 13. The van der Waals surface area contributed by atoms with E-state index >= 15 is 0 Å². The molecule has 0 saturated heterocycles. The van der Waals surface area contributed by atoms with E-state index in [2.05, 4.69) is 32.0 Å². The molecule has 0 aliphatic heterocycles. The van der Waals surface area contributed by atoms with Crippen molar-refractivity contribution in [3.63, 3.8) is 0 Å². The van der Waals surface area contributed by atoms with Gasteiger partial charge in [0.2, 0.25) is 0 Å². The first-order valence-corrected chi connectivity index (χ1v) is 13.0. The Morgan fingerprint density at radius 1 is 0.829 bits per heavy atom. The fourth-order valence-electron chi connectivity index (χ4n) is 2.46. The second-order valence-corrected chi connectivity index (χ2v) is 8.88. The van der Waals surface area contributed by atoms with E-state index in [4.69, 9.17) is 33.5 Å². The number of benzene rings is 2. The molecule has 16 heteroatoms. The van der Waals surface area contributed by atoms with Crippen LogP contribution in [0, 0.1) is 10.2 Å². The molecule has 0 aliphatic rings. The molecule has 0 aromatic heterocycles. The smallest absolute Gasteiger partial charge is 0.753 e. The number of aromatic hydroxyl groups is 2. The van der Waals surface area contributed by atoms with Gasteiger partial charge in [-0.2, -0.15) is 5.16 Å². The van der Waals surface area contributed by atoms with Crippen LogP contribution in [0.4, 0.5) is 0 Å². The number of hydrogen-bond donors (Lipinski definition) is 2. The molecule has 41 heavy (non-hydrogen) atoms. The van der Waals surface area contributed by atoms with E-state index in [1.165, 1.54) is 19.4 Å². The van der Waals surface area contributed by atoms with Gasteiger partial charge in [0.15, 0.2) is 23.0 Å². The van der Waals surface area contributed by atoms with E-state index in [-0.39, 0.29) is 28.3 Å². The van der Waals surface area contributed by atoms with Crippen LogP contribution in [0.25, 0.3) is 5.41 Å². The van der Waals surface area contributed by atoms with E-state index < -0.39 is 10.2 Å². The number of likely N-dealkylation sites (N-methyl/N-ethyl adjacent to an activating group) is 2. The Morgan fingerprint density at radius 3 is 1.37 bits per heavy atom. The average molecular weight is 661 g/mol. The predicted octanol–water partition coefficient (Wildman–Crippen LogP) is -1.34. The zero-order valence-corrected chi connectivity index (χ0v) is 26.3. The summed E-state index contributed by atoms with van der Waals surface area (Å²) in [5, 5.41) is 28.0. The number of halogens is 1. The van der Waals surface area contributed by atoms with Crippen LogP contribution in [0.3, 0.4) is 0 Å². The summed E-state index contributed by atoms with van der Waals surface area (Å²) in [5.41, 5.74) is 1.36. The minimum atomic E-state index is -4.94. The van der Waals surface area contributed by atoms with E-state index in [1.807, 2.05) is 40.3 Å². The number of thiocarbonyl (C=S) groups is 1. The molecule has 2 aromatic rings. The predicted molar refractivity (Wildman–Crippen MR) is 147 cm³/mol. The maximum Gasteiger partial charge on any atom is 3.00 e. The Labute approximate surface area is 258 Å². The van der Waals surface area contributed by atoms with Crippen LogP contribution in [0.15, 0.2) is 46.4 Å². The van der Waals surface area contributed by atoms with Gasteiger partial charge in [0.1, 0.15) is 0 Å². The summed E-state index contributed by atoms with van der Waals surface area (Å²) in [5.74, 6) is 1.21. The third-order valence-corrected chi connectivity index (χ3v) is 4.31. The number of phenols is 2. The number of phenolic OH excluding ortho intramolecular Hbond substituents is 2. The average Bonchev–Trinajstić information content (AvgIpc) is 2.86. The first-order chi connectivity index (χ1) is 18.7. The van der Waals surface area contributed by atoms with E-state index in [1.54, 1.807) is 36.7 Å². The van der Waals surface area contributed by atoms with Gasteiger partial charge in [0.25, 0.3) is 0 Å². The molecule has 0 unspecified atom stereocenters. The van der Waals surface area contributed by atoms with Gasteiger partial charge in [-0.1, -0.05) is 24.4 Å². The molecule has 0 spiro atoms. The van der Waals surface area contributed by atoms with Crippen molar-refractivity contribution < 1.29 is 65.3 Å². The van der Waals surface area contributed by atoms with Crippen LogP contribution in [0.2, 0.25) is 0 Å². The topological polar surface area (TPSA) is 205 Å². The van der Waals surface area contributed by atoms with Crippen molar-refractivity contribution in [1.29, 1.82) is 0 Å². The Balaban J connectivity index is -0.000000549. The molecule has 0 saturated carbocycles. The molecule has 0 radical (unpaired) electrons. The molecule has 0 fully saturated rings. The molecular weight excluding hydrogens is 625 g/mol. The van der Waals surface area contributed by atoms with E-state index in [0.29, 0.717) is 35.7 Å². The summed E-state index contributed by atoms with van der Waals surface area (Å²) < 4.78 is 44.0. The van der Waals surface area contributed by atoms with Gasteiger partial charge >= 0.3 is 16.8 Å². The molecule has 0 heterocycles. The van der Waals surface area contributed by atoms with Gasteiger partial charge in [-0.3, -0.25) is 9.98 Å². The zero-order chi connectivity index (χ0) is 31.1. The van der Waals surface area contributed by atoms with Crippen LogP contribution in [-0.4, -0.2) is 106 Å². The van der Waals surface area contributed by atoms with Crippen LogP contribution in [0.1, 0.15) is 11.1 Å². The van der Waals surface area contributed by atoms with Gasteiger partial charge in [0, 0.05) is 36.6 Å². The number of isothiocyanates is 1. The summed E-state index contributed by atoms with van der Waals surface area (Å²) in [7, 11) is 6.11. The quantitative estimate of drug-likeness (QED) is 0.225. The first-order valence-electron chi connectivity index (χ1n) is 11.4. The number of nitrogens with zero attached hydrogens (tertiary/aromatic N) is 5. The molecular formula is C25H36ClCoN5O8S+. The summed E-state index contributed by atoms with van der Waals surface area (Å²) in [6.45, 7) is 3.20. The fourth-order valence-corrected chi connectivity index (χ4v) is 2.46. The number of para-hydroxylation sites is 2. The standard InChI is InChI=1S/2C12H18N2O2.CNS.ClHO4.Co/c2*1-14(2)8-7-13-9-10-5-4-6-11(16-3)12(10)15;2-1-3;2-1(3,4)5;/h2*4-6,9,15H,7-8H2,1-3H3;;(H,2,3,4,5);/q;;-1;;+3/p-1. The molecule has 0 aliphatic carbocycles. The third-order valence-electron chi connectivity index (χ3n) is 4.31. The number of aliphatic imine (C=N–C) groups is 2. The van der Waals surface area contributed by atoms with Crippen LogP contribution in [0.5, 0.6) is 23.0 Å². The molecule has 13 nitrogen and oxygen atoms in total. The number of ether oxygens (including phenoxy) is 2. The molecule has 0 amide bonds. The molecule has 0 bridgehead atoms. The van der Waals surface area contributed by atoms with Crippen molar-refractivity contribution in [1.82, 2.24) is 9.80 Å². The fraction of sp³-hybridized carbons (Fsp3) is 0.400. The van der Waals surface area contributed by atoms with Gasteiger partial charge in [0.05, 0.1) is 27.3 Å². The summed E-state index contributed by atoms with van der Waals surface area (Å²) in [6, 6.07) is 10.7. The van der Waals surface area contributed by atoms with Crippen molar-refractivity contribution in [2.24, 2.45) is 9.98 Å². The molecule has 2 N–H and O–H groups in total. The minimum Gasteiger partial charge on any atom is -0.753 e. The van der Waals surface area contributed by atoms with Crippen LogP contribution >= 0.6 is 12.2 Å². The van der Waals surface area contributed by atoms with Crippen LogP contribution < -0.4 is 28.1 Å². The normalized spacial score (nSPS) is 10.4. The Kier molecular flexibility index (Phi) is 26.2. The van der Waals surface area contributed by atoms with Crippen LogP contribution in [-0.2, 0) is 16.8 Å². The summed E-state index contributed by atoms with van der Waals surface area (Å²) >= 11 is 3.70. The minimum absolute atomic E-state index is 0. The monoisotopic (exact) mass is 660 g/mol. The van der Waals surface area contributed by atoms with Crippen molar-refractivity contribution in [2.75, 3.05) is 68.6 Å². The second-order valence-electron chi connectivity index (χ2n) is 7.94. The van der Waals surface area contributed by atoms with Gasteiger partial charge < -0.3 is 34.9 Å². The maximum atomic E-state index is 9.77. The van der Waals surface area contributed by atoms with Gasteiger partial charge in [-0.25, -0.2) is 18.6 Å². The van der Waals surface area contributed by atoms with Crippen molar-refractivity contribution in [3.05, 3.63) is 52.9 Å². The number of rotatable bonds is 10. The number of methoxy groups -OCH3 is 2.